The Bertz CT molecular complexity index is 314. The van der Waals surface area contributed by atoms with Gasteiger partial charge in [-0.15, -0.1) is 11.8 Å². The third-order valence-corrected chi connectivity index (χ3v) is 4.01. The van der Waals surface area contributed by atoms with E-state index in [1.54, 1.807) is 16.7 Å². The minimum absolute atomic E-state index is 0.0704. The predicted octanol–water partition coefficient (Wildman–Crippen LogP) is -0.272. The van der Waals surface area contributed by atoms with Gasteiger partial charge in [0.25, 0.3) is 0 Å². The molecule has 2 aliphatic heterocycles. The number of piperazine rings is 1. The molecule has 17 heavy (non-hydrogen) atoms. The Morgan fingerprint density at radius 3 is 2.59 bits per heavy atom. The fraction of sp³-hybridized carbons (Fsp3) is 0.818. The Balaban J connectivity index is 1.88. The Hall–Kier alpha value is -0.750. The fourth-order valence-corrected chi connectivity index (χ4v) is 3.24. The van der Waals surface area contributed by atoms with Gasteiger partial charge < -0.3 is 15.1 Å². The largest absolute Gasteiger partial charge is 0.338 e. The van der Waals surface area contributed by atoms with Crippen LogP contribution in [0.1, 0.15) is 13.8 Å². The summed E-state index contributed by atoms with van der Waals surface area (Å²) in [4.78, 5) is 27.0. The summed E-state index contributed by atoms with van der Waals surface area (Å²) >= 11 is 1.57. The van der Waals surface area contributed by atoms with E-state index in [9.17, 15) is 9.59 Å². The van der Waals surface area contributed by atoms with Crippen LogP contribution < -0.4 is 5.32 Å². The zero-order valence-corrected chi connectivity index (χ0v) is 11.1. The van der Waals surface area contributed by atoms with Crippen LogP contribution in [0, 0.1) is 0 Å². The Morgan fingerprint density at radius 1 is 1.41 bits per heavy atom. The van der Waals surface area contributed by atoms with Crippen LogP contribution in [0.2, 0.25) is 0 Å². The fourth-order valence-electron chi connectivity index (χ4n) is 2.33. The van der Waals surface area contributed by atoms with Crippen molar-refractivity contribution < 1.29 is 9.59 Å². The van der Waals surface area contributed by atoms with Crippen molar-refractivity contribution in [2.75, 3.05) is 31.3 Å². The van der Waals surface area contributed by atoms with Gasteiger partial charge in [0, 0.05) is 25.2 Å². The first-order chi connectivity index (χ1) is 8.06. The van der Waals surface area contributed by atoms with E-state index in [0.29, 0.717) is 23.7 Å². The summed E-state index contributed by atoms with van der Waals surface area (Å²) in [6.45, 7) is 5.86. The molecule has 0 aromatic carbocycles. The van der Waals surface area contributed by atoms with E-state index in [2.05, 4.69) is 19.2 Å². The molecule has 1 N–H and O–H groups in total. The number of nitrogens with one attached hydrogen (secondary N) is 1. The standard InChI is InChI=1S/C11H19N3O2S/c1-8-3-13(4-9(2)12-8)10(15)5-14-7-17-6-11(14)16/h8-9,12H,3-7H2,1-2H3. The van der Waals surface area contributed by atoms with E-state index in [1.165, 1.54) is 0 Å². The van der Waals surface area contributed by atoms with E-state index in [1.807, 2.05) is 4.90 Å². The number of amides is 2. The third-order valence-electron chi connectivity index (χ3n) is 3.06. The second-order valence-electron chi connectivity index (χ2n) is 4.84. The summed E-state index contributed by atoms with van der Waals surface area (Å²) in [6.07, 6.45) is 0. The number of hydrogen-bond donors (Lipinski definition) is 1. The lowest BCUT2D eigenvalue weighted by atomic mass is 10.1. The number of thioether (sulfide) groups is 1. The van der Waals surface area contributed by atoms with Crippen molar-refractivity contribution in [3.05, 3.63) is 0 Å². The molecule has 0 aromatic heterocycles. The molecule has 2 rings (SSSR count). The Labute approximate surface area is 106 Å². The lowest BCUT2D eigenvalue weighted by molar-refractivity contribution is -0.139. The summed E-state index contributed by atoms with van der Waals surface area (Å²) in [5, 5.41) is 3.39. The van der Waals surface area contributed by atoms with Gasteiger partial charge >= 0.3 is 0 Å². The molecule has 5 nitrogen and oxygen atoms in total. The lowest BCUT2D eigenvalue weighted by Crippen LogP contribution is -2.57. The van der Waals surface area contributed by atoms with E-state index < -0.39 is 0 Å². The molecule has 0 spiro atoms. The SMILES string of the molecule is CC1CN(C(=O)CN2CSCC2=O)CC(C)N1. The molecule has 0 bridgehead atoms. The number of hydrogen-bond acceptors (Lipinski definition) is 4. The summed E-state index contributed by atoms with van der Waals surface area (Å²) in [5.74, 6) is 1.32. The molecule has 2 unspecified atom stereocenters. The number of rotatable bonds is 2. The maximum Gasteiger partial charge on any atom is 0.242 e. The second kappa shape index (κ2) is 5.27. The van der Waals surface area contributed by atoms with Gasteiger partial charge in [-0.1, -0.05) is 0 Å². The van der Waals surface area contributed by atoms with Crippen molar-refractivity contribution in [2.24, 2.45) is 0 Å². The van der Waals surface area contributed by atoms with E-state index in [-0.39, 0.29) is 18.4 Å². The molecular weight excluding hydrogens is 238 g/mol. The summed E-state index contributed by atoms with van der Waals surface area (Å²) in [5.41, 5.74) is 0. The normalized spacial score (nSPS) is 29.9. The molecule has 96 valence electrons. The molecule has 2 heterocycles. The summed E-state index contributed by atoms with van der Waals surface area (Å²) in [7, 11) is 0. The molecule has 2 saturated heterocycles. The molecule has 0 radical (unpaired) electrons. The number of nitrogens with zero attached hydrogens (tertiary/aromatic N) is 2. The highest BCUT2D eigenvalue weighted by Gasteiger charge is 2.28. The van der Waals surface area contributed by atoms with Crippen LogP contribution in [-0.4, -0.2) is 65.0 Å². The molecule has 2 fully saturated rings. The highest BCUT2D eigenvalue weighted by molar-refractivity contribution is 8.00. The summed E-state index contributed by atoms with van der Waals surface area (Å²) in [6, 6.07) is 0.651. The average molecular weight is 257 g/mol. The van der Waals surface area contributed by atoms with Crippen molar-refractivity contribution in [3.8, 4) is 0 Å². The van der Waals surface area contributed by atoms with Crippen LogP contribution in [-0.2, 0) is 9.59 Å². The quantitative estimate of drug-likeness (QED) is 0.740. The molecule has 0 aromatic rings. The van der Waals surface area contributed by atoms with Gasteiger partial charge in [0.2, 0.25) is 11.8 Å². The van der Waals surface area contributed by atoms with Crippen molar-refractivity contribution in [3.63, 3.8) is 0 Å². The van der Waals surface area contributed by atoms with Gasteiger partial charge in [-0.05, 0) is 13.8 Å². The highest BCUT2D eigenvalue weighted by atomic mass is 32.2. The summed E-state index contributed by atoms with van der Waals surface area (Å²) < 4.78 is 0. The molecule has 2 aliphatic rings. The van der Waals surface area contributed by atoms with Crippen LogP contribution in [0.5, 0.6) is 0 Å². The van der Waals surface area contributed by atoms with Gasteiger partial charge in [0.05, 0.1) is 11.6 Å². The molecule has 6 heteroatoms. The van der Waals surface area contributed by atoms with Crippen LogP contribution in [0.25, 0.3) is 0 Å². The smallest absolute Gasteiger partial charge is 0.242 e. The van der Waals surface area contributed by atoms with Crippen LogP contribution in [0.4, 0.5) is 0 Å². The van der Waals surface area contributed by atoms with E-state index >= 15 is 0 Å². The minimum atomic E-state index is 0.0704. The van der Waals surface area contributed by atoms with Crippen LogP contribution in [0.3, 0.4) is 0 Å². The average Bonchev–Trinajstić information content (AvgIpc) is 2.63. The van der Waals surface area contributed by atoms with Crippen molar-refractivity contribution in [1.29, 1.82) is 0 Å². The first kappa shape index (κ1) is 12.7. The van der Waals surface area contributed by atoms with Crippen molar-refractivity contribution in [1.82, 2.24) is 15.1 Å². The van der Waals surface area contributed by atoms with Crippen molar-refractivity contribution in [2.45, 2.75) is 25.9 Å². The van der Waals surface area contributed by atoms with Crippen LogP contribution in [0.15, 0.2) is 0 Å². The third kappa shape index (κ3) is 3.13. The minimum Gasteiger partial charge on any atom is -0.338 e. The van der Waals surface area contributed by atoms with Gasteiger partial charge in [-0.25, -0.2) is 0 Å². The Kier molecular flexibility index (Phi) is 3.93. The van der Waals surface area contributed by atoms with E-state index in [0.717, 1.165) is 13.1 Å². The molecule has 2 atom stereocenters. The first-order valence-electron chi connectivity index (χ1n) is 5.95. The monoisotopic (exact) mass is 257 g/mol. The lowest BCUT2D eigenvalue weighted by Gasteiger charge is -2.36. The highest BCUT2D eigenvalue weighted by Crippen LogP contribution is 2.15. The van der Waals surface area contributed by atoms with Gasteiger partial charge in [0.15, 0.2) is 0 Å². The zero-order chi connectivity index (χ0) is 12.4. The van der Waals surface area contributed by atoms with Crippen LogP contribution >= 0.6 is 11.8 Å². The van der Waals surface area contributed by atoms with Gasteiger partial charge in [-0.2, -0.15) is 0 Å². The van der Waals surface area contributed by atoms with E-state index in [4.69, 9.17) is 0 Å². The number of carbonyl (C=O) groups excluding carboxylic acids is 2. The Morgan fingerprint density at radius 2 is 2.06 bits per heavy atom. The predicted molar refractivity (Wildman–Crippen MR) is 67.7 cm³/mol. The van der Waals surface area contributed by atoms with Crippen molar-refractivity contribution >= 4 is 23.6 Å². The van der Waals surface area contributed by atoms with Gasteiger partial charge in [0.1, 0.15) is 6.54 Å². The molecule has 0 saturated carbocycles. The topological polar surface area (TPSA) is 52.7 Å². The second-order valence-corrected chi connectivity index (χ2v) is 5.79. The maximum atomic E-state index is 12.1. The number of carbonyl (C=O) groups is 2. The molecular formula is C11H19N3O2S. The molecule has 2 amide bonds. The first-order valence-corrected chi connectivity index (χ1v) is 7.11. The molecule has 0 aliphatic carbocycles. The maximum absolute atomic E-state index is 12.1. The zero-order valence-electron chi connectivity index (χ0n) is 10.3. The van der Waals surface area contributed by atoms with Gasteiger partial charge in [-0.3, -0.25) is 9.59 Å².